The minimum Gasteiger partial charge on any atom is -0.373 e. The van der Waals surface area contributed by atoms with E-state index in [0.29, 0.717) is 10.6 Å². The Bertz CT molecular complexity index is 530. The van der Waals surface area contributed by atoms with E-state index in [1.54, 1.807) is 7.11 Å². The van der Waals surface area contributed by atoms with Gasteiger partial charge in [-0.05, 0) is 34.2 Å². The highest BCUT2D eigenvalue weighted by atomic mass is 79.9. The Morgan fingerprint density at radius 2 is 1.95 bits per heavy atom. The van der Waals surface area contributed by atoms with Crippen LogP contribution in [0, 0.1) is 10.1 Å². The highest BCUT2D eigenvalue weighted by molar-refractivity contribution is 9.10. The second-order valence-corrected chi connectivity index (χ2v) is 7.80. The summed E-state index contributed by atoms with van der Waals surface area (Å²) in [7, 11) is 1.73. The molecule has 0 radical (unpaired) electrons. The summed E-state index contributed by atoms with van der Waals surface area (Å²) in [4.78, 5) is 8.03. The molecule has 2 rings (SSSR count). The average Bonchev–Trinajstić information content (AvgIpc) is 2.86. The molecule has 1 unspecified atom stereocenters. The van der Waals surface area contributed by atoms with Gasteiger partial charge < -0.3 is 9.72 Å². The number of hydrogen-bond acceptors (Lipinski definition) is 3. The quantitative estimate of drug-likeness (QED) is 0.745. The number of halogens is 1. The van der Waals surface area contributed by atoms with Gasteiger partial charge in [0.25, 0.3) is 0 Å². The fourth-order valence-corrected chi connectivity index (χ4v) is 3.71. The van der Waals surface area contributed by atoms with Crippen LogP contribution < -0.4 is 0 Å². The summed E-state index contributed by atoms with van der Waals surface area (Å²) >= 11 is 9.03. The lowest BCUT2D eigenvalue weighted by molar-refractivity contribution is 0.00834. The molecule has 1 aromatic rings. The fourth-order valence-electron chi connectivity index (χ4n) is 2.99. The van der Waals surface area contributed by atoms with Gasteiger partial charge in [0.15, 0.2) is 0 Å². The lowest BCUT2D eigenvalue weighted by atomic mass is 9.88. The van der Waals surface area contributed by atoms with Crippen molar-refractivity contribution in [3.8, 4) is 0 Å². The molecule has 0 spiro atoms. The zero-order valence-electron chi connectivity index (χ0n) is 12.6. The Hall–Kier alpha value is -0.260. The Morgan fingerprint density at radius 3 is 2.45 bits per heavy atom. The van der Waals surface area contributed by atoms with Gasteiger partial charge in [0.05, 0.1) is 4.47 Å². The van der Waals surface area contributed by atoms with E-state index in [4.69, 9.17) is 17.0 Å². The van der Waals surface area contributed by atoms with Crippen molar-refractivity contribution in [2.75, 3.05) is 7.11 Å². The van der Waals surface area contributed by atoms with E-state index in [-0.39, 0.29) is 11.5 Å². The van der Waals surface area contributed by atoms with Crippen molar-refractivity contribution in [3.63, 3.8) is 0 Å². The van der Waals surface area contributed by atoms with Crippen LogP contribution in [0.4, 0.5) is 0 Å². The van der Waals surface area contributed by atoms with E-state index >= 15 is 0 Å². The molecule has 0 aliphatic heterocycles. The second-order valence-electron chi connectivity index (χ2n) is 6.62. The van der Waals surface area contributed by atoms with Gasteiger partial charge >= 0.3 is 0 Å². The summed E-state index contributed by atoms with van der Waals surface area (Å²) in [6, 6.07) is 0. The van der Waals surface area contributed by atoms with E-state index in [1.165, 1.54) is 31.4 Å². The van der Waals surface area contributed by atoms with Gasteiger partial charge in [0.2, 0.25) is 0 Å². The van der Waals surface area contributed by atoms with Crippen molar-refractivity contribution in [2.45, 2.75) is 58.5 Å². The molecule has 1 aliphatic rings. The molecule has 0 aromatic carbocycles. The molecule has 1 fully saturated rings. The number of aromatic amines is 1. The van der Waals surface area contributed by atoms with Crippen molar-refractivity contribution < 1.29 is 4.74 Å². The van der Waals surface area contributed by atoms with Crippen molar-refractivity contribution in [3.05, 3.63) is 20.6 Å². The van der Waals surface area contributed by atoms with Gasteiger partial charge in [-0.3, -0.25) is 0 Å². The molecular formula is C15H23BrN2OS. The molecule has 112 valence electrons. The van der Waals surface area contributed by atoms with Gasteiger partial charge in [0, 0.05) is 18.7 Å². The molecule has 1 aromatic heterocycles. The first-order valence-electron chi connectivity index (χ1n) is 7.17. The Balaban J connectivity index is 2.47. The molecule has 20 heavy (non-hydrogen) atoms. The summed E-state index contributed by atoms with van der Waals surface area (Å²) in [6.07, 6.45) is 4.95. The Kier molecular flexibility index (Phi) is 5.03. The van der Waals surface area contributed by atoms with E-state index in [1.807, 2.05) is 0 Å². The summed E-state index contributed by atoms with van der Waals surface area (Å²) in [5, 5.41) is 0. The van der Waals surface area contributed by atoms with Crippen LogP contribution in [0.2, 0.25) is 0 Å². The summed E-state index contributed by atoms with van der Waals surface area (Å²) in [6.45, 7) is 6.45. The van der Waals surface area contributed by atoms with Crippen LogP contribution in [0.5, 0.6) is 0 Å². The van der Waals surface area contributed by atoms with Crippen LogP contribution >= 0.6 is 28.1 Å². The summed E-state index contributed by atoms with van der Waals surface area (Å²) < 4.78 is 7.24. The average molecular weight is 359 g/mol. The minimum atomic E-state index is -0.0857. The molecule has 1 saturated carbocycles. The predicted octanol–water partition coefficient (Wildman–Crippen LogP) is 5.29. The lowest BCUT2D eigenvalue weighted by Crippen LogP contribution is -2.23. The molecule has 0 bridgehead atoms. The normalized spacial score (nSPS) is 18.4. The molecule has 1 N–H and O–H groups in total. The number of methoxy groups -OCH3 is 1. The van der Waals surface area contributed by atoms with E-state index < -0.39 is 0 Å². The fraction of sp³-hybridized carbons (Fsp3) is 0.733. The van der Waals surface area contributed by atoms with Crippen LogP contribution in [-0.4, -0.2) is 17.1 Å². The van der Waals surface area contributed by atoms with Crippen LogP contribution in [0.3, 0.4) is 0 Å². The largest absolute Gasteiger partial charge is 0.373 e. The van der Waals surface area contributed by atoms with Crippen molar-refractivity contribution in [1.82, 2.24) is 9.97 Å². The number of H-pyrrole nitrogens is 1. The second kappa shape index (κ2) is 6.24. The molecule has 5 heteroatoms. The maximum Gasteiger partial charge on any atom is 0.144 e. The topological polar surface area (TPSA) is 37.9 Å². The maximum absolute atomic E-state index is 5.66. The first kappa shape index (κ1) is 16.1. The number of hydrogen-bond donors (Lipinski definition) is 1. The third-order valence-electron chi connectivity index (χ3n) is 3.94. The van der Waals surface area contributed by atoms with Gasteiger partial charge in [-0.15, -0.1) is 0 Å². The molecule has 0 saturated heterocycles. The lowest BCUT2D eigenvalue weighted by Gasteiger charge is -2.29. The standard InChI is InChI=1S/C15H23BrN2OS/c1-15(2,3)12(19-4)13-17-11(9-7-5-6-8-9)10(16)14(20)18-13/h9,12H,5-8H2,1-4H3,(H,17,18,20). The van der Waals surface area contributed by atoms with Gasteiger partial charge in [-0.1, -0.05) is 45.8 Å². The highest BCUT2D eigenvalue weighted by Crippen LogP contribution is 2.39. The minimum absolute atomic E-state index is 0.0270. The summed E-state index contributed by atoms with van der Waals surface area (Å²) in [5.74, 6) is 1.40. The molecule has 0 amide bonds. The summed E-state index contributed by atoms with van der Waals surface area (Å²) in [5.41, 5.74) is 1.17. The van der Waals surface area contributed by atoms with Gasteiger partial charge in [-0.2, -0.15) is 0 Å². The van der Waals surface area contributed by atoms with Crippen LogP contribution in [-0.2, 0) is 4.74 Å². The number of rotatable bonds is 3. The third-order valence-corrected chi connectivity index (χ3v) is 5.30. The third kappa shape index (κ3) is 3.31. The zero-order valence-corrected chi connectivity index (χ0v) is 15.0. The maximum atomic E-state index is 5.66. The predicted molar refractivity (Wildman–Crippen MR) is 87.5 cm³/mol. The highest BCUT2D eigenvalue weighted by Gasteiger charge is 2.30. The Labute approximate surface area is 134 Å². The van der Waals surface area contributed by atoms with Gasteiger partial charge in [-0.25, -0.2) is 4.98 Å². The van der Waals surface area contributed by atoms with Crippen molar-refractivity contribution in [2.24, 2.45) is 5.41 Å². The molecule has 1 atom stereocenters. The molecular weight excluding hydrogens is 336 g/mol. The van der Waals surface area contributed by atoms with Gasteiger partial charge in [0.1, 0.15) is 16.6 Å². The number of aromatic nitrogens is 2. The zero-order chi connectivity index (χ0) is 14.9. The first-order chi connectivity index (χ1) is 9.34. The smallest absolute Gasteiger partial charge is 0.144 e. The van der Waals surface area contributed by atoms with E-state index in [9.17, 15) is 0 Å². The molecule has 1 heterocycles. The van der Waals surface area contributed by atoms with Crippen LogP contribution in [0.1, 0.15) is 70.0 Å². The van der Waals surface area contributed by atoms with Crippen LogP contribution in [0.25, 0.3) is 0 Å². The van der Waals surface area contributed by atoms with E-state index in [0.717, 1.165) is 10.3 Å². The van der Waals surface area contributed by atoms with Crippen LogP contribution in [0.15, 0.2) is 4.47 Å². The molecule has 1 aliphatic carbocycles. The number of nitrogens with one attached hydrogen (secondary N) is 1. The Morgan fingerprint density at radius 1 is 1.35 bits per heavy atom. The van der Waals surface area contributed by atoms with Crippen molar-refractivity contribution >= 4 is 28.1 Å². The van der Waals surface area contributed by atoms with Crippen molar-refractivity contribution in [1.29, 1.82) is 0 Å². The molecule has 3 nitrogen and oxygen atoms in total. The van der Waals surface area contributed by atoms with E-state index in [2.05, 4.69) is 46.7 Å². The monoisotopic (exact) mass is 358 g/mol. The SMILES string of the molecule is COC(c1nc(=S)c(Br)c(C2CCCC2)[nH]1)C(C)(C)C. The first-order valence-corrected chi connectivity index (χ1v) is 8.37. The number of ether oxygens (including phenoxy) is 1. The number of nitrogens with zero attached hydrogens (tertiary/aromatic N) is 1.